The molecule has 1 spiro atoms. The molecule has 1 aromatic heterocycles. The fraction of sp³-hybridized carbons (Fsp3) is 0.333. The number of halogens is 1. The largest absolute Gasteiger partial charge is 0.343 e. The summed E-state index contributed by atoms with van der Waals surface area (Å²) in [6.45, 7) is 0. The normalized spacial score (nSPS) is 20.8. The van der Waals surface area contributed by atoms with Gasteiger partial charge in [0.1, 0.15) is 5.84 Å². The highest BCUT2D eigenvalue weighted by Gasteiger charge is 2.49. The Labute approximate surface area is 122 Å². The molecule has 2 heterocycles. The van der Waals surface area contributed by atoms with Crippen molar-refractivity contribution >= 4 is 23.1 Å². The van der Waals surface area contributed by atoms with Gasteiger partial charge in [0.2, 0.25) is 0 Å². The summed E-state index contributed by atoms with van der Waals surface area (Å²) in [4.78, 5) is 4.44. The predicted octanol–water partition coefficient (Wildman–Crippen LogP) is 3.40. The van der Waals surface area contributed by atoms with E-state index in [0.29, 0.717) is 0 Å². The summed E-state index contributed by atoms with van der Waals surface area (Å²) in [5.41, 5.74) is 3.37. The highest BCUT2D eigenvalue weighted by atomic mass is 35.5. The fourth-order valence-corrected chi connectivity index (χ4v) is 3.58. The van der Waals surface area contributed by atoms with E-state index in [1.165, 1.54) is 12.0 Å². The van der Waals surface area contributed by atoms with E-state index in [9.17, 15) is 0 Å². The van der Waals surface area contributed by atoms with Crippen molar-refractivity contribution in [2.45, 2.75) is 24.7 Å². The number of hydrogen-bond acceptors (Lipinski definition) is 2. The molecule has 4 rings (SSSR count). The number of nitrogens with one attached hydrogen (secondary N) is 1. The van der Waals surface area contributed by atoms with Crippen LogP contribution in [0.15, 0.2) is 35.6 Å². The summed E-state index contributed by atoms with van der Waals surface area (Å²) in [6, 6.07) is 6.05. The summed E-state index contributed by atoms with van der Waals surface area (Å²) in [5, 5.41) is 8.45. The molecule has 1 aliphatic heterocycles. The van der Waals surface area contributed by atoms with Crippen LogP contribution in [0.5, 0.6) is 0 Å². The van der Waals surface area contributed by atoms with Crippen LogP contribution in [0.2, 0.25) is 5.02 Å². The lowest BCUT2D eigenvalue weighted by Gasteiger charge is -2.38. The number of amidine groups is 1. The standard InChI is InChI=1S/C15H15ClN4/c1-17-14-15(4-2-5-15)10-8-11(16)13(9-12(10)19-14)20-7-3-6-18-20/h3,6-9H,2,4-5H2,1H3,(H,17,19). The molecular weight excluding hydrogens is 272 g/mol. The summed E-state index contributed by atoms with van der Waals surface area (Å²) < 4.78 is 1.79. The van der Waals surface area contributed by atoms with Crippen LogP contribution in [0.25, 0.3) is 5.69 Å². The summed E-state index contributed by atoms with van der Waals surface area (Å²) in [7, 11) is 1.85. The first kappa shape index (κ1) is 12.0. The molecule has 1 N–H and O–H groups in total. The van der Waals surface area contributed by atoms with Gasteiger partial charge in [-0.1, -0.05) is 18.0 Å². The van der Waals surface area contributed by atoms with E-state index in [1.54, 1.807) is 10.9 Å². The van der Waals surface area contributed by atoms with Crippen LogP contribution in [0.1, 0.15) is 24.8 Å². The first-order valence-electron chi connectivity index (χ1n) is 6.83. The lowest BCUT2D eigenvalue weighted by atomic mass is 9.65. The van der Waals surface area contributed by atoms with Gasteiger partial charge in [-0.25, -0.2) is 4.68 Å². The monoisotopic (exact) mass is 286 g/mol. The van der Waals surface area contributed by atoms with Crippen LogP contribution in [0, 0.1) is 0 Å². The van der Waals surface area contributed by atoms with Crippen molar-refractivity contribution < 1.29 is 0 Å². The lowest BCUT2D eigenvalue weighted by molar-refractivity contribution is 0.347. The van der Waals surface area contributed by atoms with E-state index in [1.807, 2.05) is 19.3 Å². The van der Waals surface area contributed by atoms with E-state index < -0.39 is 0 Å². The summed E-state index contributed by atoms with van der Waals surface area (Å²) in [5.74, 6) is 1.08. The molecule has 1 aromatic carbocycles. The van der Waals surface area contributed by atoms with E-state index in [0.717, 1.165) is 35.1 Å². The average Bonchev–Trinajstić information content (AvgIpc) is 3.01. The topological polar surface area (TPSA) is 42.2 Å². The average molecular weight is 287 g/mol. The van der Waals surface area contributed by atoms with Gasteiger partial charge in [-0.2, -0.15) is 5.10 Å². The first-order valence-corrected chi connectivity index (χ1v) is 7.21. The molecule has 20 heavy (non-hydrogen) atoms. The Morgan fingerprint density at radius 2 is 2.25 bits per heavy atom. The number of nitrogens with zero attached hydrogens (tertiary/aromatic N) is 3. The Balaban J connectivity index is 1.89. The fourth-order valence-electron chi connectivity index (χ4n) is 3.33. The summed E-state index contributed by atoms with van der Waals surface area (Å²) in [6.07, 6.45) is 7.20. The van der Waals surface area contributed by atoms with Crippen LogP contribution in [0.4, 0.5) is 5.69 Å². The molecule has 1 fully saturated rings. The molecule has 0 saturated heterocycles. The van der Waals surface area contributed by atoms with Crippen molar-refractivity contribution in [3.8, 4) is 5.69 Å². The first-order chi connectivity index (χ1) is 9.74. The van der Waals surface area contributed by atoms with Crippen molar-refractivity contribution in [2.75, 3.05) is 12.4 Å². The highest BCUT2D eigenvalue weighted by molar-refractivity contribution is 6.33. The van der Waals surface area contributed by atoms with Gasteiger partial charge in [0.05, 0.1) is 16.1 Å². The van der Waals surface area contributed by atoms with Crippen molar-refractivity contribution in [1.29, 1.82) is 0 Å². The molecule has 0 atom stereocenters. The molecule has 1 aliphatic carbocycles. The van der Waals surface area contributed by atoms with E-state index in [-0.39, 0.29) is 5.41 Å². The van der Waals surface area contributed by atoms with Crippen LogP contribution in [-0.2, 0) is 5.41 Å². The van der Waals surface area contributed by atoms with Gasteiger partial charge < -0.3 is 5.32 Å². The second-order valence-corrected chi connectivity index (χ2v) is 5.84. The zero-order valence-electron chi connectivity index (χ0n) is 11.2. The van der Waals surface area contributed by atoms with Gasteiger partial charge in [0.15, 0.2) is 0 Å². The van der Waals surface area contributed by atoms with Crippen LogP contribution in [0.3, 0.4) is 0 Å². The number of hydrogen-bond donors (Lipinski definition) is 1. The number of benzene rings is 1. The number of fused-ring (bicyclic) bond motifs is 2. The van der Waals surface area contributed by atoms with Gasteiger partial charge >= 0.3 is 0 Å². The van der Waals surface area contributed by atoms with Crippen LogP contribution >= 0.6 is 11.6 Å². The Morgan fingerprint density at radius 3 is 2.85 bits per heavy atom. The Morgan fingerprint density at radius 1 is 1.40 bits per heavy atom. The quantitative estimate of drug-likeness (QED) is 0.873. The third kappa shape index (κ3) is 1.43. The number of aromatic nitrogens is 2. The smallest absolute Gasteiger partial charge is 0.111 e. The van der Waals surface area contributed by atoms with Crippen molar-refractivity contribution in [3.05, 3.63) is 41.2 Å². The second kappa shape index (κ2) is 4.09. The molecule has 0 amide bonds. The molecule has 2 aromatic rings. The van der Waals surface area contributed by atoms with Gasteiger partial charge in [-0.15, -0.1) is 0 Å². The van der Waals surface area contributed by atoms with Crippen molar-refractivity contribution in [2.24, 2.45) is 4.99 Å². The molecular formula is C15H15ClN4. The van der Waals surface area contributed by atoms with E-state index >= 15 is 0 Å². The maximum atomic E-state index is 6.47. The molecule has 1 saturated carbocycles. The minimum Gasteiger partial charge on any atom is -0.343 e. The zero-order chi connectivity index (χ0) is 13.7. The molecule has 102 valence electrons. The number of rotatable bonds is 1. The summed E-state index contributed by atoms with van der Waals surface area (Å²) >= 11 is 6.47. The van der Waals surface area contributed by atoms with Gasteiger partial charge in [0.25, 0.3) is 0 Å². The SMILES string of the molecule is CN=C1Nc2cc(-n3cccn3)c(Cl)cc2C12CCC2. The van der Waals surface area contributed by atoms with Crippen LogP contribution in [-0.4, -0.2) is 22.7 Å². The van der Waals surface area contributed by atoms with E-state index in [2.05, 4.69) is 27.5 Å². The van der Waals surface area contributed by atoms with Crippen LogP contribution < -0.4 is 5.32 Å². The van der Waals surface area contributed by atoms with Gasteiger partial charge in [-0.3, -0.25) is 4.99 Å². The molecule has 0 unspecified atom stereocenters. The van der Waals surface area contributed by atoms with Crippen molar-refractivity contribution in [3.63, 3.8) is 0 Å². The maximum Gasteiger partial charge on any atom is 0.111 e. The minimum absolute atomic E-state index is 0.0797. The lowest BCUT2D eigenvalue weighted by Crippen LogP contribution is -2.41. The van der Waals surface area contributed by atoms with Gasteiger partial charge in [-0.05, 0) is 36.6 Å². The predicted molar refractivity (Wildman–Crippen MR) is 81.1 cm³/mol. The maximum absolute atomic E-state index is 6.47. The third-order valence-electron chi connectivity index (χ3n) is 4.49. The molecule has 0 bridgehead atoms. The Hall–Kier alpha value is -1.81. The molecule has 0 radical (unpaired) electrons. The zero-order valence-corrected chi connectivity index (χ0v) is 12.0. The second-order valence-electron chi connectivity index (χ2n) is 5.43. The van der Waals surface area contributed by atoms with Crippen molar-refractivity contribution in [1.82, 2.24) is 9.78 Å². The Kier molecular flexibility index (Phi) is 2.45. The third-order valence-corrected chi connectivity index (χ3v) is 4.79. The molecule has 5 heteroatoms. The number of aliphatic imine (C=N–C) groups is 1. The van der Waals surface area contributed by atoms with Gasteiger partial charge in [0, 0.05) is 25.1 Å². The number of anilines is 1. The molecule has 2 aliphatic rings. The van der Waals surface area contributed by atoms with E-state index in [4.69, 9.17) is 11.6 Å². The Bertz CT molecular complexity index is 699. The molecule has 4 nitrogen and oxygen atoms in total. The highest BCUT2D eigenvalue weighted by Crippen LogP contribution is 2.52. The minimum atomic E-state index is 0.0797.